The zero-order valence-corrected chi connectivity index (χ0v) is 4.66. The van der Waals surface area contributed by atoms with Crippen LogP contribution in [0.2, 0.25) is 0 Å². The van der Waals surface area contributed by atoms with E-state index in [2.05, 4.69) is 10.2 Å². The van der Waals surface area contributed by atoms with Crippen molar-refractivity contribution in [2.24, 2.45) is 0 Å². The summed E-state index contributed by atoms with van der Waals surface area (Å²) in [4.78, 5) is 10.6. The van der Waals surface area contributed by atoms with Gasteiger partial charge in [-0.3, -0.25) is 9.89 Å². The van der Waals surface area contributed by atoms with Crippen molar-refractivity contribution >= 4 is 0 Å². The van der Waals surface area contributed by atoms with Gasteiger partial charge in [0.05, 0.1) is 6.61 Å². The summed E-state index contributed by atoms with van der Waals surface area (Å²) in [5, 5.41) is 14.4. The normalized spacial score (nSPS) is 9.44. The fourth-order valence-corrected chi connectivity index (χ4v) is 0.493. The third-order valence-corrected chi connectivity index (χ3v) is 0.943. The number of aliphatic hydroxyl groups is 1. The van der Waals surface area contributed by atoms with Crippen molar-refractivity contribution in [3.8, 4) is 0 Å². The van der Waals surface area contributed by atoms with E-state index >= 15 is 0 Å². The number of rotatable bonds is 1. The Morgan fingerprint density at radius 2 is 2.56 bits per heavy atom. The number of aromatic amines is 1. The van der Waals surface area contributed by atoms with Crippen molar-refractivity contribution < 1.29 is 5.11 Å². The number of nitrogens with one attached hydrogen (secondary N) is 1. The van der Waals surface area contributed by atoms with Gasteiger partial charge in [-0.05, 0) is 0 Å². The lowest BCUT2D eigenvalue weighted by atomic mass is 10.4. The molecule has 0 radical (unpaired) electrons. The van der Waals surface area contributed by atoms with Crippen molar-refractivity contribution in [3.63, 3.8) is 0 Å². The van der Waals surface area contributed by atoms with E-state index in [1.165, 1.54) is 12.3 Å². The van der Waals surface area contributed by atoms with Crippen molar-refractivity contribution in [1.29, 1.82) is 0 Å². The van der Waals surface area contributed by atoms with E-state index in [1.807, 2.05) is 0 Å². The Morgan fingerprint density at radius 3 is 3.00 bits per heavy atom. The van der Waals surface area contributed by atoms with E-state index in [1.54, 1.807) is 0 Å². The molecule has 0 aliphatic rings. The molecule has 4 heteroatoms. The first-order valence-corrected chi connectivity index (χ1v) is 2.48. The number of aliphatic hydroxyl groups excluding tert-OH is 1. The van der Waals surface area contributed by atoms with Gasteiger partial charge in [0.25, 0.3) is 0 Å². The summed E-state index contributed by atoms with van der Waals surface area (Å²) in [6.07, 6.45) is 1.42. The Balaban J connectivity index is 3.16. The lowest BCUT2D eigenvalue weighted by molar-refractivity contribution is 0.274. The first-order chi connectivity index (χ1) is 4.34. The minimum absolute atomic E-state index is 0.150. The third-order valence-electron chi connectivity index (χ3n) is 0.943. The third kappa shape index (κ3) is 1.14. The molecule has 0 atom stereocenters. The maximum atomic E-state index is 10.6. The van der Waals surface area contributed by atoms with Crippen molar-refractivity contribution in [2.75, 3.05) is 0 Å². The molecule has 1 aromatic heterocycles. The molecule has 0 unspecified atom stereocenters. The molecule has 0 saturated carbocycles. The van der Waals surface area contributed by atoms with Crippen LogP contribution in [0.25, 0.3) is 0 Å². The van der Waals surface area contributed by atoms with E-state index < -0.39 is 0 Å². The number of aromatic nitrogens is 2. The number of nitrogens with zero attached hydrogens (tertiary/aromatic N) is 1. The van der Waals surface area contributed by atoms with Crippen molar-refractivity contribution in [2.45, 2.75) is 6.61 Å². The van der Waals surface area contributed by atoms with Gasteiger partial charge in [0.15, 0.2) is 0 Å². The molecule has 1 heterocycles. The maximum Gasteiger partial charge on any atom is 0.205 e. The first-order valence-electron chi connectivity index (χ1n) is 2.48. The van der Waals surface area contributed by atoms with Crippen LogP contribution in [0.5, 0.6) is 0 Å². The highest BCUT2D eigenvalue weighted by Gasteiger charge is 1.93. The number of hydrogen-bond acceptors (Lipinski definition) is 3. The molecular weight excluding hydrogens is 120 g/mol. The lowest BCUT2D eigenvalue weighted by Crippen LogP contribution is -2.10. The average Bonchev–Trinajstić information content (AvgIpc) is 1.89. The molecule has 0 aliphatic carbocycles. The Bertz CT molecular complexity index is 243. The fraction of sp³-hybridized carbons (Fsp3) is 0.200. The summed E-state index contributed by atoms with van der Waals surface area (Å²) in [6, 6.07) is 1.32. The zero-order valence-electron chi connectivity index (χ0n) is 4.66. The first kappa shape index (κ1) is 5.97. The van der Waals surface area contributed by atoms with Gasteiger partial charge in [0.1, 0.15) is 5.69 Å². The second-order valence-corrected chi connectivity index (χ2v) is 1.54. The Kier molecular flexibility index (Phi) is 1.60. The summed E-state index contributed by atoms with van der Waals surface area (Å²) >= 11 is 0. The molecular formula is C5H6N2O2. The fourth-order valence-electron chi connectivity index (χ4n) is 0.493. The van der Waals surface area contributed by atoms with Gasteiger partial charge in [0.2, 0.25) is 5.43 Å². The molecule has 1 rings (SSSR count). The summed E-state index contributed by atoms with van der Waals surface area (Å²) in [7, 11) is 0. The smallest absolute Gasteiger partial charge is 0.205 e. The Hall–Kier alpha value is -1.16. The molecule has 9 heavy (non-hydrogen) atoms. The number of hydrogen-bond donors (Lipinski definition) is 2. The highest BCUT2D eigenvalue weighted by atomic mass is 16.3. The molecule has 4 nitrogen and oxygen atoms in total. The molecule has 0 aromatic carbocycles. The van der Waals surface area contributed by atoms with E-state index in [9.17, 15) is 4.79 Å². The molecule has 0 spiro atoms. The largest absolute Gasteiger partial charge is 0.390 e. The van der Waals surface area contributed by atoms with Gasteiger partial charge < -0.3 is 5.11 Å². The Morgan fingerprint density at radius 1 is 1.78 bits per heavy atom. The Labute approximate surface area is 51.2 Å². The maximum absolute atomic E-state index is 10.6. The standard InChI is InChI=1S/C5H6N2O2/c8-3-4-5(9)1-2-6-7-4/h1-2,8H,3H2,(H,6,9). The van der Waals surface area contributed by atoms with Crippen LogP contribution in [0.1, 0.15) is 5.69 Å². The second kappa shape index (κ2) is 2.41. The SMILES string of the molecule is O=c1cc[nH]nc1CO. The van der Waals surface area contributed by atoms with Crippen molar-refractivity contribution in [1.82, 2.24) is 10.2 Å². The van der Waals surface area contributed by atoms with Crippen LogP contribution in [0.15, 0.2) is 17.1 Å². The minimum Gasteiger partial charge on any atom is -0.390 e. The van der Waals surface area contributed by atoms with Crippen LogP contribution < -0.4 is 5.43 Å². The van der Waals surface area contributed by atoms with Crippen LogP contribution >= 0.6 is 0 Å². The van der Waals surface area contributed by atoms with Gasteiger partial charge in [-0.2, -0.15) is 5.10 Å². The molecule has 2 N–H and O–H groups in total. The second-order valence-electron chi connectivity index (χ2n) is 1.54. The zero-order chi connectivity index (χ0) is 6.69. The van der Waals surface area contributed by atoms with E-state index in [0.29, 0.717) is 0 Å². The molecule has 48 valence electrons. The summed E-state index contributed by atoms with van der Waals surface area (Å²) in [5.74, 6) is 0. The van der Waals surface area contributed by atoms with Gasteiger partial charge >= 0.3 is 0 Å². The molecule has 0 saturated heterocycles. The summed E-state index contributed by atoms with van der Waals surface area (Å²) in [5.41, 5.74) is -0.0891. The van der Waals surface area contributed by atoms with Crippen LogP contribution in [0.3, 0.4) is 0 Å². The minimum atomic E-state index is -0.309. The lowest BCUT2D eigenvalue weighted by Gasteiger charge is -1.88. The van der Waals surface area contributed by atoms with Gasteiger partial charge in [-0.1, -0.05) is 0 Å². The predicted molar refractivity (Wildman–Crippen MR) is 30.8 cm³/mol. The van der Waals surface area contributed by atoms with Crippen LogP contribution in [0.4, 0.5) is 0 Å². The highest BCUT2D eigenvalue weighted by molar-refractivity contribution is 4.97. The van der Waals surface area contributed by atoms with Crippen LogP contribution in [0, 0.1) is 0 Å². The average molecular weight is 126 g/mol. The van der Waals surface area contributed by atoms with E-state index in [4.69, 9.17) is 5.11 Å². The summed E-state index contributed by atoms with van der Waals surface area (Å²) < 4.78 is 0. The number of H-pyrrole nitrogens is 1. The quantitative estimate of drug-likeness (QED) is 0.521. The van der Waals surface area contributed by atoms with Gasteiger partial charge in [0, 0.05) is 12.3 Å². The van der Waals surface area contributed by atoms with E-state index in [0.717, 1.165) is 0 Å². The van der Waals surface area contributed by atoms with Crippen LogP contribution in [-0.2, 0) is 6.61 Å². The topological polar surface area (TPSA) is 66.0 Å². The van der Waals surface area contributed by atoms with E-state index in [-0.39, 0.29) is 17.7 Å². The molecule has 0 amide bonds. The van der Waals surface area contributed by atoms with Crippen molar-refractivity contribution in [3.05, 3.63) is 28.2 Å². The van der Waals surface area contributed by atoms with Gasteiger partial charge in [-0.25, -0.2) is 0 Å². The van der Waals surface area contributed by atoms with Crippen LogP contribution in [-0.4, -0.2) is 15.3 Å². The monoisotopic (exact) mass is 126 g/mol. The predicted octanol–water partition coefficient (Wildman–Crippen LogP) is -0.738. The molecule has 0 fully saturated rings. The molecule has 0 bridgehead atoms. The molecule has 1 aromatic rings. The summed E-state index contributed by atoms with van der Waals surface area (Å²) in [6.45, 7) is -0.309. The highest BCUT2D eigenvalue weighted by Crippen LogP contribution is 1.77. The van der Waals surface area contributed by atoms with Gasteiger partial charge in [-0.15, -0.1) is 0 Å². The molecule has 0 aliphatic heterocycles.